The van der Waals surface area contributed by atoms with Gasteiger partial charge in [0.25, 0.3) is 0 Å². The molecule has 0 unspecified atom stereocenters. The van der Waals surface area contributed by atoms with Gasteiger partial charge in [-0.2, -0.15) is 0 Å². The summed E-state index contributed by atoms with van der Waals surface area (Å²) < 4.78 is 10.3. The summed E-state index contributed by atoms with van der Waals surface area (Å²) in [5.41, 5.74) is 9.53. The molecule has 0 aromatic heterocycles. The van der Waals surface area contributed by atoms with Gasteiger partial charge < -0.3 is 15.2 Å². The summed E-state index contributed by atoms with van der Waals surface area (Å²) in [6.45, 7) is 7.22. The van der Waals surface area contributed by atoms with Crippen LogP contribution < -0.4 is 5.73 Å². The molecule has 1 aromatic rings. The van der Waals surface area contributed by atoms with Gasteiger partial charge in [-0.15, -0.1) is 0 Å². The first-order valence-electron chi connectivity index (χ1n) is 7.20. The number of benzene rings is 1. The second kappa shape index (κ2) is 9.88. The minimum Gasteiger partial charge on any atom is -0.385 e. The van der Waals surface area contributed by atoms with E-state index in [1.54, 1.807) is 14.2 Å². The predicted molar refractivity (Wildman–Crippen MR) is 82.7 cm³/mol. The van der Waals surface area contributed by atoms with Gasteiger partial charge in [-0.3, -0.25) is 4.90 Å². The van der Waals surface area contributed by atoms with E-state index in [0.29, 0.717) is 6.54 Å². The lowest BCUT2D eigenvalue weighted by atomic mass is 10.0. The second-order valence-corrected chi connectivity index (χ2v) is 5.08. The molecule has 114 valence electrons. The van der Waals surface area contributed by atoms with Crippen molar-refractivity contribution in [3.05, 3.63) is 34.9 Å². The van der Waals surface area contributed by atoms with Gasteiger partial charge in [0.1, 0.15) is 0 Å². The van der Waals surface area contributed by atoms with Crippen LogP contribution in [0.1, 0.15) is 23.1 Å². The highest BCUT2D eigenvalue weighted by molar-refractivity contribution is 5.30. The summed E-state index contributed by atoms with van der Waals surface area (Å²) in [7, 11) is 3.49. The first-order valence-corrected chi connectivity index (χ1v) is 7.20. The lowest BCUT2D eigenvalue weighted by molar-refractivity contribution is 0.129. The zero-order valence-corrected chi connectivity index (χ0v) is 13.0. The smallest absolute Gasteiger partial charge is 0.0589 e. The van der Waals surface area contributed by atoms with E-state index in [0.717, 1.165) is 39.3 Å². The maximum Gasteiger partial charge on any atom is 0.0589 e. The van der Waals surface area contributed by atoms with Crippen molar-refractivity contribution in [2.24, 2.45) is 5.73 Å². The highest BCUT2D eigenvalue weighted by atomic mass is 16.5. The Kier molecular flexibility index (Phi) is 8.46. The largest absolute Gasteiger partial charge is 0.385 e. The molecule has 20 heavy (non-hydrogen) atoms. The molecule has 1 rings (SSSR count). The van der Waals surface area contributed by atoms with E-state index < -0.39 is 0 Å². The lowest BCUT2D eigenvalue weighted by Crippen LogP contribution is -2.29. The Morgan fingerprint density at radius 3 is 2.45 bits per heavy atom. The number of ether oxygens (including phenoxy) is 2. The normalized spacial score (nSPS) is 11.2. The Balaban J connectivity index is 2.62. The van der Waals surface area contributed by atoms with Crippen molar-refractivity contribution in [1.82, 2.24) is 4.90 Å². The summed E-state index contributed by atoms with van der Waals surface area (Å²) in [4.78, 5) is 2.41. The fourth-order valence-corrected chi connectivity index (χ4v) is 2.23. The first-order chi connectivity index (χ1) is 9.71. The van der Waals surface area contributed by atoms with Gasteiger partial charge in [0, 0.05) is 47.0 Å². The average molecular weight is 280 g/mol. The molecule has 0 fully saturated rings. The number of methoxy groups -OCH3 is 2. The molecule has 0 heterocycles. The summed E-state index contributed by atoms with van der Waals surface area (Å²) in [6, 6.07) is 6.48. The minimum absolute atomic E-state index is 0.600. The van der Waals surface area contributed by atoms with E-state index in [4.69, 9.17) is 15.2 Å². The quantitative estimate of drug-likeness (QED) is 0.665. The number of hydrogen-bond acceptors (Lipinski definition) is 4. The van der Waals surface area contributed by atoms with Gasteiger partial charge in [-0.25, -0.2) is 0 Å². The van der Waals surface area contributed by atoms with Crippen molar-refractivity contribution in [3.63, 3.8) is 0 Å². The van der Waals surface area contributed by atoms with Crippen molar-refractivity contribution in [1.29, 1.82) is 0 Å². The van der Waals surface area contributed by atoms with Gasteiger partial charge in [0.15, 0.2) is 0 Å². The third-order valence-electron chi connectivity index (χ3n) is 3.47. The van der Waals surface area contributed by atoms with Crippen LogP contribution in [-0.2, 0) is 22.6 Å². The Bertz CT molecular complexity index is 383. The number of nitrogens with zero attached hydrogens (tertiary/aromatic N) is 1. The third-order valence-corrected chi connectivity index (χ3v) is 3.47. The topological polar surface area (TPSA) is 47.7 Å². The molecule has 0 saturated heterocycles. The number of hydrogen-bond donors (Lipinski definition) is 1. The maximum atomic E-state index is 5.68. The van der Waals surface area contributed by atoms with E-state index in [1.165, 1.54) is 16.7 Å². The monoisotopic (exact) mass is 280 g/mol. The number of aryl methyl sites for hydroxylation is 1. The molecule has 0 aliphatic carbocycles. The van der Waals surface area contributed by atoms with Gasteiger partial charge in [-0.1, -0.05) is 18.2 Å². The molecule has 0 amide bonds. The third kappa shape index (κ3) is 6.01. The summed E-state index contributed by atoms with van der Waals surface area (Å²) >= 11 is 0. The highest BCUT2D eigenvalue weighted by Gasteiger charge is 2.08. The van der Waals surface area contributed by atoms with Crippen LogP contribution in [0, 0.1) is 6.92 Å². The van der Waals surface area contributed by atoms with E-state index >= 15 is 0 Å². The van der Waals surface area contributed by atoms with Crippen molar-refractivity contribution in [2.45, 2.75) is 26.4 Å². The van der Waals surface area contributed by atoms with Crippen LogP contribution >= 0.6 is 0 Å². The molecule has 0 aliphatic rings. The molecule has 0 saturated carbocycles. The van der Waals surface area contributed by atoms with Crippen LogP contribution in [0.25, 0.3) is 0 Å². The van der Waals surface area contributed by atoms with Crippen LogP contribution in [0.4, 0.5) is 0 Å². The number of rotatable bonds is 10. The molecule has 0 atom stereocenters. The lowest BCUT2D eigenvalue weighted by Gasteiger charge is -2.23. The van der Waals surface area contributed by atoms with E-state index in [1.807, 2.05) is 0 Å². The fourth-order valence-electron chi connectivity index (χ4n) is 2.23. The minimum atomic E-state index is 0.600. The molecular formula is C16H28N2O2. The van der Waals surface area contributed by atoms with Crippen molar-refractivity contribution in [2.75, 3.05) is 40.5 Å². The SMILES string of the molecule is COCCCN(CCOC)Cc1ccc(CN)cc1C. The van der Waals surface area contributed by atoms with Crippen LogP contribution in [0.5, 0.6) is 0 Å². The second-order valence-electron chi connectivity index (χ2n) is 5.08. The van der Waals surface area contributed by atoms with Gasteiger partial charge in [0.2, 0.25) is 0 Å². The Morgan fingerprint density at radius 2 is 1.85 bits per heavy atom. The summed E-state index contributed by atoms with van der Waals surface area (Å²) in [5.74, 6) is 0. The van der Waals surface area contributed by atoms with Crippen molar-refractivity contribution < 1.29 is 9.47 Å². The van der Waals surface area contributed by atoms with Crippen molar-refractivity contribution in [3.8, 4) is 0 Å². The van der Waals surface area contributed by atoms with E-state index in [9.17, 15) is 0 Å². The van der Waals surface area contributed by atoms with Crippen LogP contribution in [0.15, 0.2) is 18.2 Å². The van der Waals surface area contributed by atoms with Gasteiger partial charge in [-0.05, 0) is 30.0 Å². The molecule has 0 aliphatic heterocycles. The van der Waals surface area contributed by atoms with Gasteiger partial charge >= 0.3 is 0 Å². The summed E-state index contributed by atoms with van der Waals surface area (Å²) in [6.07, 6.45) is 1.04. The predicted octanol–water partition coefficient (Wildman–Crippen LogP) is 1.94. The standard InChI is InChI=1S/C16H28N2O2/c1-14-11-15(12-17)5-6-16(14)13-18(8-10-20-3)7-4-9-19-2/h5-6,11H,4,7-10,12-13,17H2,1-3H3. The average Bonchev–Trinajstić information content (AvgIpc) is 2.46. The molecule has 0 bridgehead atoms. The molecule has 2 N–H and O–H groups in total. The first kappa shape index (κ1) is 17.1. The van der Waals surface area contributed by atoms with Gasteiger partial charge in [0.05, 0.1) is 6.61 Å². The fraction of sp³-hybridized carbons (Fsp3) is 0.625. The Hall–Kier alpha value is -0.940. The molecule has 0 spiro atoms. The maximum absolute atomic E-state index is 5.68. The van der Waals surface area contributed by atoms with E-state index in [-0.39, 0.29) is 0 Å². The Labute approximate surface area is 122 Å². The zero-order chi connectivity index (χ0) is 14.8. The van der Waals surface area contributed by atoms with Crippen LogP contribution in [0.3, 0.4) is 0 Å². The van der Waals surface area contributed by atoms with Crippen molar-refractivity contribution >= 4 is 0 Å². The Morgan fingerprint density at radius 1 is 1.10 bits per heavy atom. The highest BCUT2D eigenvalue weighted by Crippen LogP contribution is 2.13. The van der Waals surface area contributed by atoms with Crippen LogP contribution in [-0.4, -0.2) is 45.4 Å². The summed E-state index contributed by atoms with van der Waals surface area (Å²) in [5, 5.41) is 0. The molecule has 4 nitrogen and oxygen atoms in total. The van der Waals surface area contributed by atoms with E-state index in [2.05, 4.69) is 30.0 Å². The van der Waals surface area contributed by atoms with Crippen LogP contribution in [0.2, 0.25) is 0 Å². The number of nitrogens with two attached hydrogens (primary N) is 1. The molecule has 4 heteroatoms. The molecular weight excluding hydrogens is 252 g/mol. The molecule has 0 radical (unpaired) electrons. The molecule has 1 aromatic carbocycles. The zero-order valence-electron chi connectivity index (χ0n) is 13.0.